The van der Waals surface area contributed by atoms with E-state index in [1.165, 1.54) is 6.07 Å². The molecule has 6 rings (SSSR count). The minimum absolute atomic E-state index is 0.0355. The van der Waals surface area contributed by atoms with E-state index in [0.717, 1.165) is 42.4 Å². The number of rotatable bonds is 7. The first kappa shape index (κ1) is 22.7. The topological polar surface area (TPSA) is 59.3 Å². The average molecular weight is 482 g/mol. The van der Waals surface area contributed by atoms with Gasteiger partial charge >= 0.3 is 5.97 Å². The molecule has 1 heterocycles. The second-order valence-corrected chi connectivity index (χ2v) is 10.7. The third-order valence-electron chi connectivity index (χ3n) is 8.21. The van der Waals surface area contributed by atoms with Crippen LogP contribution in [0.25, 0.3) is 22.0 Å². The second-order valence-electron chi connectivity index (χ2n) is 10.7. The molecule has 5 heteroatoms. The fraction of sp³-hybridized carbons (Fsp3) is 0.290. The molecule has 0 atom stereocenters. The first-order chi connectivity index (χ1) is 17.4. The van der Waals surface area contributed by atoms with Crippen molar-refractivity contribution in [2.75, 3.05) is 0 Å². The molecule has 2 fully saturated rings. The number of hydrogen-bond acceptors (Lipinski definition) is 2. The molecule has 4 aromatic rings. The zero-order chi connectivity index (χ0) is 24.9. The predicted molar refractivity (Wildman–Crippen MR) is 137 cm³/mol. The molecule has 1 N–H and O–H groups in total. The number of fused-ring (bicyclic) bond motifs is 1. The van der Waals surface area contributed by atoms with E-state index >= 15 is 0 Å². The van der Waals surface area contributed by atoms with Crippen molar-refractivity contribution in [2.24, 2.45) is 17.3 Å². The number of carbonyl (C=O) groups is 2. The minimum atomic E-state index is -0.704. The molecule has 182 valence electrons. The monoisotopic (exact) mass is 481 g/mol. The summed E-state index contributed by atoms with van der Waals surface area (Å²) in [6.07, 6.45) is 5.59. The van der Waals surface area contributed by atoms with Crippen molar-refractivity contribution >= 4 is 22.7 Å². The van der Waals surface area contributed by atoms with Gasteiger partial charge in [-0.3, -0.25) is 9.59 Å². The minimum Gasteiger partial charge on any atom is -0.481 e. The highest BCUT2D eigenvalue weighted by atomic mass is 19.1. The third kappa shape index (κ3) is 4.02. The van der Waals surface area contributed by atoms with Crippen LogP contribution in [0.5, 0.6) is 0 Å². The highest BCUT2D eigenvalue weighted by Gasteiger charge is 2.54. The first-order valence-electron chi connectivity index (χ1n) is 12.6. The van der Waals surface area contributed by atoms with Gasteiger partial charge in [-0.25, -0.2) is 4.39 Å². The molecule has 2 aliphatic carbocycles. The Bertz CT molecular complexity index is 1440. The largest absolute Gasteiger partial charge is 0.481 e. The zero-order valence-electron chi connectivity index (χ0n) is 20.0. The van der Waals surface area contributed by atoms with Crippen LogP contribution in [0.2, 0.25) is 0 Å². The van der Waals surface area contributed by atoms with Gasteiger partial charge in [-0.1, -0.05) is 54.6 Å². The predicted octanol–water partition coefficient (Wildman–Crippen LogP) is 6.96. The molecule has 0 radical (unpaired) electrons. The van der Waals surface area contributed by atoms with E-state index in [-0.39, 0.29) is 28.9 Å². The lowest BCUT2D eigenvalue weighted by Gasteiger charge is -2.56. The summed E-state index contributed by atoms with van der Waals surface area (Å²) in [5.74, 6) is -0.932. The molecule has 0 saturated heterocycles. The Morgan fingerprint density at radius 1 is 0.889 bits per heavy atom. The number of halogens is 1. The lowest BCUT2D eigenvalue weighted by Crippen LogP contribution is -2.50. The number of aliphatic carboxylic acids is 1. The van der Waals surface area contributed by atoms with E-state index in [1.807, 2.05) is 29.0 Å². The van der Waals surface area contributed by atoms with Gasteiger partial charge < -0.3 is 9.67 Å². The van der Waals surface area contributed by atoms with Gasteiger partial charge in [-0.15, -0.1) is 0 Å². The maximum Gasteiger partial charge on any atom is 0.306 e. The summed E-state index contributed by atoms with van der Waals surface area (Å²) in [7, 11) is 0. The number of Topliss-reactive ketones (excluding diaryl/α,β-unsaturated/α-hetero) is 1. The maximum atomic E-state index is 14.6. The van der Waals surface area contributed by atoms with Crippen molar-refractivity contribution in [1.29, 1.82) is 0 Å². The Morgan fingerprint density at radius 2 is 1.58 bits per heavy atom. The van der Waals surface area contributed by atoms with Gasteiger partial charge in [-0.2, -0.15) is 0 Å². The number of aromatic nitrogens is 1. The Kier molecular flexibility index (Phi) is 5.51. The molecule has 4 nitrogen and oxygen atoms in total. The highest BCUT2D eigenvalue weighted by molar-refractivity contribution is 6.07. The van der Waals surface area contributed by atoms with Crippen LogP contribution >= 0.6 is 0 Å². The summed E-state index contributed by atoms with van der Waals surface area (Å²) < 4.78 is 16.6. The summed E-state index contributed by atoms with van der Waals surface area (Å²) in [6, 6.07) is 23.3. The van der Waals surface area contributed by atoms with Gasteiger partial charge in [0.1, 0.15) is 5.82 Å². The first-order valence-corrected chi connectivity index (χ1v) is 12.6. The van der Waals surface area contributed by atoms with Crippen molar-refractivity contribution in [3.05, 3.63) is 95.9 Å². The van der Waals surface area contributed by atoms with Crippen LogP contribution in [-0.4, -0.2) is 21.4 Å². The zero-order valence-corrected chi connectivity index (χ0v) is 20.0. The summed E-state index contributed by atoms with van der Waals surface area (Å²) in [4.78, 5) is 24.5. The SMILES string of the molecule is O=C(CC1CC2(C1)CC(C(=O)O)C2)c1ccc(F)c2ccn(Cc3ccc(-c4ccccc4)cc3)c12. The highest BCUT2D eigenvalue weighted by Crippen LogP contribution is 2.62. The van der Waals surface area contributed by atoms with Crippen LogP contribution in [0.1, 0.15) is 48.0 Å². The summed E-state index contributed by atoms with van der Waals surface area (Å²) in [6.45, 7) is 0.547. The number of hydrogen-bond donors (Lipinski definition) is 1. The summed E-state index contributed by atoms with van der Waals surface area (Å²) >= 11 is 0. The van der Waals surface area contributed by atoms with Crippen molar-refractivity contribution in [2.45, 2.75) is 38.6 Å². The molecule has 2 saturated carbocycles. The summed E-state index contributed by atoms with van der Waals surface area (Å²) in [5, 5.41) is 9.63. The lowest BCUT2D eigenvalue weighted by atomic mass is 9.47. The average Bonchev–Trinajstić information content (AvgIpc) is 3.25. The summed E-state index contributed by atoms with van der Waals surface area (Å²) in [5.41, 5.74) is 4.72. The number of nitrogens with zero attached hydrogens (tertiary/aromatic N) is 1. The Hall–Kier alpha value is -3.73. The van der Waals surface area contributed by atoms with Crippen molar-refractivity contribution < 1.29 is 19.1 Å². The van der Waals surface area contributed by atoms with E-state index in [9.17, 15) is 14.0 Å². The maximum absolute atomic E-state index is 14.6. The normalized spacial score (nSPS) is 22.8. The van der Waals surface area contributed by atoms with E-state index in [1.54, 1.807) is 12.1 Å². The van der Waals surface area contributed by atoms with Crippen LogP contribution < -0.4 is 0 Å². The van der Waals surface area contributed by atoms with E-state index < -0.39 is 5.97 Å². The van der Waals surface area contributed by atoms with Gasteiger partial charge in [0.05, 0.1) is 11.4 Å². The Labute approximate surface area is 209 Å². The van der Waals surface area contributed by atoms with Gasteiger partial charge in [0, 0.05) is 30.1 Å². The van der Waals surface area contributed by atoms with E-state index in [0.29, 0.717) is 29.4 Å². The molecule has 0 aliphatic heterocycles. The molecule has 0 unspecified atom stereocenters. The smallest absolute Gasteiger partial charge is 0.306 e. The van der Waals surface area contributed by atoms with Crippen molar-refractivity contribution in [3.8, 4) is 11.1 Å². The van der Waals surface area contributed by atoms with E-state index in [2.05, 4.69) is 36.4 Å². The molecular formula is C31H28FNO3. The molecule has 1 spiro atoms. The van der Waals surface area contributed by atoms with Crippen LogP contribution in [0.3, 0.4) is 0 Å². The molecule has 0 bridgehead atoms. The molecule has 36 heavy (non-hydrogen) atoms. The standard InChI is InChI=1S/C31H28FNO3/c32-27-11-10-26(28(34)14-21-15-31(16-21)17-24(18-31)30(35)36)29-25(27)12-13-33(29)19-20-6-8-23(9-7-20)22-4-2-1-3-5-22/h1-13,21,24H,14-19H2,(H,35,36). The molecular weight excluding hydrogens is 453 g/mol. The van der Waals surface area contributed by atoms with Gasteiger partial charge in [-0.05, 0) is 71.9 Å². The Balaban J connectivity index is 1.19. The number of carbonyl (C=O) groups excluding carboxylic acids is 1. The fourth-order valence-electron chi connectivity index (χ4n) is 6.45. The second kappa shape index (κ2) is 8.74. The molecule has 3 aromatic carbocycles. The number of benzene rings is 3. The lowest BCUT2D eigenvalue weighted by molar-refractivity contribution is -0.157. The van der Waals surface area contributed by atoms with Crippen molar-refractivity contribution in [3.63, 3.8) is 0 Å². The van der Waals surface area contributed by atoms with Gasteiger partial charge in [0.2, 0.25) is 0 Å². The van der Waals surface area contributed by atoms with Crippen LogP contribution in [0.15, 0.2) is 79.0 Å². The van der Waals surface area contributed by atoms with Crippen LogP contribution in [0, 0.1) is 23.1 Å². The van der Waals surface area contributed by atoms with Crippen LogP contribution in [0.4, 0.5) is 4.39 Å². The van der Waals surface area contributed by atoms with E-state index in [4.69, 9.17) is 5.11 Å². The third-order valence-corrected chi connectivity index (χ3v) is 8.21. The van der Waals surface area contributed by atoms with Gasteiger partial charge in [0.15, 0.2) is 5.78 Å². The number of carboxylic acid groups (broad SMARTS) is 1. The number of ketones is 1. The molecule has 2 aliphatic rings. The number of carboxylic acids is 1. The van der Waals surface area contributed by atoms with Crippen molar-refractivity contribution in [1.82, 2.24) is 4.57 Å². The molecule has 1 aromatic heterocycles. The Morgan fingerprint density at radius 3 is 2.28 bits per heavy atom. The molecule has 0 amide bonds. The van der Waals surface area contributed by atoms with Gasteiger partial charge in [0.25, 0.3) is 0 Å². The quantitative estimate of drug-likeness (QED) is 0.290. The fourth-order valence-corrected chi connectivity index (χ4v) is 6.45. The van der Waals surface area contributed by atoms with Crippen LogP contribution in [-0.2, 0) is 11.3 Å².